The van der Waals surface area contributed by atoms with E-state index in [1.54, 1.807) is 55.5 Å². The van der Waals surface area contributed by atoms with Crippen molar-refractivity contribution in [3.8, 4) is 0 Å². The molecular formula is C17H17Cl2N3O2. The Kier molecular flexibility index (Phi) is 5.43. The standard InChI is InChI=1S/C17H17Cl2N3O2/c1-16(21-22-20,11-5-3-7-13(18)9-11)15(23)17(2,24)12-6-4-8-14(19)10-12/h3-10,15,23-24H,1-2H3/t15-,16-,17-/m0/s1. The van der Waals surface area contributed by atoms with Crippen LogP contribution in [0, 0.1) is 0 Å². The summed E-state index contributed by atoms with van der Waals surface area (Å²) in [4.78, 5) is 2.84. The van der Waals surface area contributed by atoms with Gasteiger partial charge in [0.1, 0.15) is 11.7 Å². The zero-order valence-corrected chi connectivity index (χ0v) is 14.7. The second kappa shape index (κ2) is 7.01. The van der Waals surface area contributed by atoms with Crippen molar-refractivity contribution in [1.82, 2.24) is 0 Å². The van der Waals surface area contributed by atoms with Gasteiger partial charge >= 0.3 is 0 Å². The summed E-state index contributed by atoms with van der Waals surface area (Å²) >= 11 is 12.0. The molecule has 24 heavy (non-hydrogen) atoms. The minimum atomic E-state index is -1.71. The Morgan fingerprint density at radius 3 is 2.04 bits per heavy atom. The maximum Gasteiger partial charge on any atom is 0.114 e. The number of azide groups is 1. The number of nitrogens with zero attached hydrogens (tertiary/aromatic N) is 3. The number of aliphatic hydroxyl groups excluding tert-OH is 1. The Morgan fingerprint density at radius 1 is 1.04 bits per heavy atom. The summed E-state index contributed by atoms with van der Waals surface area (Å²) in [5.74, 6) is 0. The zero-order chi connectivity index (χ0) is 18.0. The molecule has 2 N–H and O–H groups in total. The Labute approximate surface area is 150 Å². The van der Waals surface area contributed by atoms with Gasteiger partial charge in [-0.1, -0.05) is 52.6 Å². The van der Waals surface area contributed by atoms with Crippen LogP contribution in [0.2, 0.25) is 10.0 Å². The average molecular weight is 366 g/mol. The van der Waals surface area contributed by atoms with E-state index in [0.29, 0.717) is 21.2 Å². The van der Waals surface area contributed by atoms with Gasteiger partial charge in [-0.05, 0) is 54.8 Å². The average Bonchev–Trinajstić information content (AvgIpc) is 2.54. The second-order valence-corrected chi connectivity index (χ2v) is 6.78. The normalized spacial score (nSPS) is 17.2. The van der Waals surface area contributed by atoms with Crippen molar-refractivity contribution in [2.45, 2.75) is 31.1 Å². The molecule has 0 aliphatic rings. The first-order valence-electron chi connectivity index (χ1n) is 7.20. The van der Waals surface area contributed by atoms with Gasteiger partial charge in [0.25, 0.3) is 0 Å². The van der Waals surface area contributed by atoms with E-state index in [-0.39, 0.29) is 0 Å². The number of hydrogen-bond acceptors (Lipinski definition) is 3. The van der Waals surface area contributed by atoms with E-state index < -0.39 is 17.2 Å². The molecule has 0 amide bonds. The molecule has 0 aliphatic heterocycles. The van der Waals surface area contributed by atoms with Crippen LogP contribution >= 0.6 is 23.2 Å². The minimum absolute atomic E-state index is 0.406. The molecular weight excluding hydrogens is 349 g/mol. The minimum Gasteiger partial charge on any atom is -0.389 e. The summed E-state index contributed by atoms with van der Waals surface area (Å²) in [5.41, 5.74) is 6.72. The molecule has 0 heterocycles. The van der Waals surface area contributed by atoms with Crippen LogP contribution in [0.4, 0.5) is 0 Å². The monoisotopic (exact) mass is 365 g/mol. The molecule has 0 saturated heterocycles. The van der Waals surface area contributed by atoms with Gasteiger partial charge in [0.15, 0.2) is 0 Å². The first-order valence-corrected chi connectivity index (χ1v) is 7.96. The number of halogens is 2. The van der Waals surface area contributed by atoms with Crippen LogP contribution in [0.3, 0.4) is 0 Å². The summed E-state index contributed by atoms with van der Waals surface area (Å²) in [6.45, 7) is 2.99. The van der Waals surface area contributed by atoms with E-state index in [1.165, 1.54) is 6.92 Å². The van der Waals surface area contributed by atoms with Gasteiger partial charge in [0, 0.05) is 15.0 Å². The van der Waals surface area contributed by atoms with Crippen molar-refractivity contribution in [2.75, 3.05) is 0 Å². The van der Waals surface area contributed by atoms with E-state index in [4.69, 9.17) is 28.7 Å². The van der Waals surface area contributed by atoms with Crippen molar-refractivity contribution >= 4 is 23.2 Å². The molecule has 3 atom stereocenters. The second-order valence-electron chi connectivity index (χ2n) is 5.91. The lowest BCUT2D eigenvalue weighted by Gasteiger charge is -2.40. The molecule has 0 fully saturated rings. The van der Waals surface area contributed by atoms with E-state index in [0.717, 1.165) is 0 Å². The highest BCUT2D eigenvalue weighted by atomic mass is 35.5. The largest absolute Gasteiger partial charge is 0.389 e. The summed E-state index contributed by atoms with van der Waals surface area (Å²) < 4.78 is 0. The Balaban J connectivity index is 2.56. The topological polar surface area (TPSA) is 89.2 Å². The van der Waals surface area contributed by atoms with Crippen molar-refractivity contribution in [1.29, 1.82) is 0 Å². The highest BCUT2D eigenvalue weighted by Gasteiger charge is 2.46. The van der Waals surface area contributed by atoms with Crippen LogP contribution < -0.4 is 0 Å². The van der Waals surface area contributed by atoms with Crippen molar-refractivity contribution in [2.24, 2.45) is 5.11 Å². The lowest BCUT2D eigenvalue weighted by molar-refractivity contribution is -0.100. The molecule has 0 aromatic heterocycles. The highest BCUT2D eigenvalue weighted by molar-refractivity contribution is 6.30. The van der Waals surface area contributed by atoms with Gasteiger partial charge in [-0.15, -0.1) is 0 Å². The van der Waals surface area contributed by atoms with E-state index in [1.807, 2.05) is 0 Å². The van der Waals surface area contributed by atoms with E-state index in [2.05, 4.69) is 10.0 Å². The van der Waals surface area contributed by atoms with E-state index in [9.17, 15) is 10.2 Å². The Bertz CT molecular complexity index is 791. The predicted molar refractivity (Wildman–Crippen MR) is 95.0 cm³/mol. The first-order chi connectivity index (χ1) is 11.2. The van der Waals surface area contributed by atoms with Crippen LogP contribution in [0.1, 0.15) is 25.0 Å². The van der Waals surface area contributed by atoms with Gasteiger partial charge in [0.2, 0.25) is 0 Å². The number of rotatable bonds is 5. The van der Waals surface area contributed by atoms with Crippen LogP contribution in [0.15, 0.2) is 53.6 Å². The molecule has 0 unspecified atom stereocenters. The first kappa shape index (κ1) is 18.6. The highest BCUT2D eigenvalue weighted by Crippen LogP contribution is 2.40. The molecule has 5 nitrogen and oxygen atoms in total. The SMILES string of the molecule is C[C@](O)(c1cccc(Cl)c1)[C@@H](O)[C@@](C)(N=[N+]=[N-])c1cccc(Cl)c1. The zero-order valence-electron chi connectivity index (χ0n) is 13.2. The molecule has 126 valence electrons. The lowest BCUT2D eigenvalue weighted by atomic mass is 9.76. The molecule has 2 rings (SSSR count). The van der Waals surface area contributed by atoms with Crippen LogP contribution in [0.5, 0.6) is 0 Å². The smallest absolute Gasteiger partial charge is 0.114 e. The number of benzene rings is 2. The van der Waals surface area contributed by atoms with Gasteiger partial charge < -0.3 is 10.2 Å². The van der Waals surface area contributed by atoms with Gasteiger partial charge in [-0.2, -0.15) is 0 Å². The maximum absolute atomic E-state index is 10.9. The molecule has 2 aromatic carbocycles. The maximum atomic E-state index is 10.9. The molecule has 0 bridgehead atoms. The number of hydrogen-bond donors (Lipinski definition) is 2. The van der Waals surface area contributed by atoms with Crippen molar-refractivity contribution in [3.05, 3.63) is 80.1 Å². The predicted octanol–water partition coefficient (Wildman–Crippen LogP) is 4.79. The quantitative estimate of drug-likeness (QED) is 0.453. The van der Waals surface area contributed by atoms with E-state index >= 15 is 0 Å². The molecule has 2 aromatic rings. The third-order valence-electron chi connectivity index (χ3n) is 4.14. The fourth-order valence-electron chi connectivity index (χ4n) is 2.67. The fourth-order valence-corrected chi connectivity index (χ4v) is 3.06. The summed E-state index contributed by atoms with van der Waals surface area (Å²) in [5, 5.41) is 26.5. The van der Waals surface area contributed by atoms with Crippen molar-refractivity contribution in [3.63, 3.8) is 0 Å². The van der Waals surface area contributed by atoms with Gasteiger partial charge in [-0.25, -0.2) is 0 Å². The Hall–Kier alpha value is -1.75. The van der Waals surface area contributed by atoms with Crippen LogP contribution in [-0.4, -0.2) is 16.3 Å². The Morgan fingerprint density at radius 2 is 1.54 bits per heavy atom. The third-order valence-corrected chi connectivity index (χ3v) is 4.61. The number of aliphatic hydroxyl groups is 2. The van der Waals surface area contributed by atoms with Gasteiger partial charge in [0.05, 0.1) is 5.54 Å². The molecule has 7 heteroatoms. The summed E-state index contributed by atoms with van der Waals surface area (Å²) in [6, 6.07) is 13.2. The lowest BCUT2D eigenvalue weighted by Crippen LogP contribution is -2.49. The molecule has 0 spiro atoms. The molecule has 0 saturated carbocycles. The molecule has 0 radical (unpaired) electrons. The van der Waals surface area contributed by atoms with Crippen molar-refractivity contribution < 1.29 is 10.2 Å². The van der Waals surface area contributed by atoms with Crippen LogP contribution in [-0.2, 0) is 11.1 Å². The third kappa shape index (κ3) is 3.51. The summed E-state index contributed by atoms with van der Waals surface area (Å²) in [7, 11) is 0. The summed E-state index contributed by atoms with van der Waals surface area (Å²) in [6.07, 6.45) is -1.45. The fraction of sp³-hybridized carbons (Fsp3) is 0.294. The van der Waals surface area contributed by atoms with Crippen LogP contribution in [0.25, 0.3) is 10.4 Å². The van der Waals surface area contributed by atoms with Gasteiger partial charge in [-0.3, -0.25) is 0 Å². The molecule has 0 aliphatic carbocycles.